The van der Waals surface area contributed by atoms with Crippen molar-refractivity contribution in [2.24, 2.45) is 0 Å². The highest BCUT2D eigenvalue weighted by molar-refractivity contribution is 5.64. The molecule has 1 aliphatic heterocycles. The topological polar surface area (TPSA) is 84.6 Å². The van der Waals surface area contributed by atoms with E-state index in [9.17, 15) is 22.7 Å². The summed E-state index contributed by atoms with van der Waals surface area (Å²) in [5, 5.41) is 17.3. The van der Waals surface area contributed by atoms with Gasteiger partial charge in [-0.1, -0.05) is 6.07 Å². The molecule has 3 aromatic rings. The standard InChI is InChI=1S/C19H19F4N5O2/c1-10(19(21,22)23)11-2-3-13(24-7-11)15-6-12(20)16-8-25-18(27-28(15)16)26-14-4-5-30-9-17(14)29/h2-3,6-8,10,14,17,29H,4-5,9H2,1H3,(H,26,27)/t10?,14-,17-/m1/s1. The molecule has 1 unspecified atom stereocenters. The first-order valence-corrected chi connectivity index (χ1v) is 9.33. The highest BCUT2D eigenvalue weighted by Crippen LogP contribution is 2.34. The lowest BCUT2D eigenvalue weighted by Crippen LogP contribution is -2.42. The minimum absolute atomic E-state index is 0.0121. The van der Waals surface area contributed by atoms with Crippen molar-refractivity contribution in [1.29, 1.82) is 0 Å². The lowest BCUT2D eigenvalue weighted by atomic mass is 10.0. The van der Waals surface area contributed by atoms with Crippen LogP contribution in [0.4, 0.5) is 23.5 Å². The van der Waals surface area contributed by atoms with Crippen LogP contribution in [0, 0.1) is 5.82 Å². The molecule has 3 atom stereocenters. The third-order valence-corrected chi connectivity index (χ3v) is 5.15. The van der Waals surface area contributed by atoms with Crippen LogP contribution in [0.3, 0.4) is 0 Å². The van der Waals surface area contributed by atoms with E-state index in [1.807, 2.05) is 0 Å². The van der Waals surface area contributed by atoms with Crippen molar-refractivity contribution in [2.75, 3.05) is 18.5 Å². The summed E-state index contributed by atoms with van der Waals surface area (Å²) in [4.78, 5) is 8.17. The van der Waals surface area contributed by atoms with Crippen LogP contribution in [-0.4, -0.2) is 56.2 Å². The second-order valence-electron chi connectivity index (χ2n) is 7.18. The summed E-state index contributed by atoms with van der Waals surface area (Å²) in [6.45, 7) is 1.72. The quantitative estimate of drug-likeness (QED) is 0.625. The normalized spacial score (nSPS) is 21.0. The summed E-state index contributed by atoms with van der Waals surface area (Å²) >= 11 is 0. The number of pyridine rings is 1. The number of aliphatic hydroxyl groups is 1. The smallest absolute Gasteiger partial charge is 0.389 e. The van der Waals surface area contributed by atoms with E-state index in [-0.39, 0.29) is 41.1 Å². The van der Waals surface area contributed by atoms with Gasteiger partial charge < -0.3 is 15.2 Å². The third-order valence-electron chi connectivity index (χ3n) is 5.15. The summed E-state index contributed by atoms with van der Waals surface area (Å²) in [5.74, 6) is -2.08. The largest absolute Gasteiger partial charge is 0.395 e. The fourth-order valence-electron chi connectivity index (χ4n) is 3.26. The van der Waals surface area contributed by atoms with Crippen LogP contribution >= 0.6 is 0 Å². The summed E-state index contributed by atoms with van der Waals surface area (Å²) < 4.78 is 59.5. The first kappa shape index (κ1) is 20.5. The number of nitrogens with zero attached hydrogens (tertiary/aromatic N) is 4. The van der Waals surface area contributed by atoms with E-state index in [1.54, 1.807) is 0 Å². The van der Waals surface area contributed by atoms with Gasteiger partial charge in [0.05, 0.1) is 42.3 Å². The Hall–Kier alpha value is -2.79. The van der Waals surface area contributed by atoms with E-state index < -0.39 is 24.0 Å². The van der Waals surface area contributed by atoms with Gasteiger partial charge >= 0.3 is 6.18 Å². The molecule has 0 aliphatic carbocycles. The highest BCUT2D eigenvalue weighted by Gasteiger charge is 2.37. The van der Waals surface area contributed by atoms with Crippen LogP contribution in [0.5, 0.6) is 0 Å². The average molecular weight is 425 g/mol. The van der Waals surface area contributed by atoms with Gasteiger partial charge in [-0.15, -0.1) is 5.10 Å². The van der Waals surface area contributed by atoms with Crippen molar-refractivity contribution in [2.45, 2.75) is 37.6 Å². The number of aliphatic hydroxyl groups excluding tert-OH is 1. The molecule has 11 heteroatoms. The van der Waals surface area contributed by atoms with E-state index in [2.05, 4.69) is 20.4 Å². The number of aromatic nitrogens is 4. The summed E-state index contributed by atoms with van der Waals surface area (Å²) in [5.41, 5.74) is 0.644. The molecule has 30 heavy (non-hydrogen) atoms. The van der Waals surface area contributed by atoms with Crippen molar-refractivity contribution in [3.63, 3.8) is 0 Å². The Morgan fingerprint density at radius 2 is 2.07 bits per heavy atom. The van der Waals surface area contributed by atoms with Crippen LogP contribution in [0.2, 0.25) is 0 Å². The van der Waals surface area contributed by atoms with Gasteiger partial charge in [-0.2, -0.15) is 13.2 Å². The predicted octanol–water partition coefficient (Wildman–Crippen LogP) is 3.16. The molecule has 3 aromatic heterocycles. The molecule has 4 heterocycles. The summed E-state index contributed by atoms with van der Waals surface area (Å²) in [7, 11) is 0. The number of fused-ring (bicyclic) bond motifs is 1. The molecule has 0 bridgehead atoms. The van der Waals surface area contributed by atoms with E-state index in [0.717, 1.165) is 13.1 Å². The van der Waals surface area contributed by atoms with E-state index in [4.69, 9.17) is 4.74 Å². The van der Waals surface area contributed by atoms with Crippen molar-refractivity contribution in [3.05, 3.63) is 42.0 Å². The fraction of sp³-hybridized carbons (Fsp3) is 0.421. The van der Waals surface area contributed by atoms with Crippen molar-refractivity contribution in [1.82, 2.24) is 19.6 Å². The van der Waals surface area contributed by atoms with E-state index >= 15 is 0 Å². The lowest BCUT2D eigenvalue weighted by Gasteiger charge is -2.28. The second kappa shape index (κ2) is 7.80. The molecule has 0 aromatic carbocycles. The maximum Gasteiger partial charge on any atom is 0.395 e. The Morgan fingerprint density at radius 1 is 1.27 bits per heavy atom. The third kappa shape index (κ3) is 3.94. The van der Waals surface area contributed by atoms with Gasteiger partial charge in [0.1, 0.15) is 5.52 Å². The Morgan fingerprint density at radius 3 is 2.73 bits per heavy atom. The zero-order chi connectivity index (χ0) is 21.5. The minimum Gasteiger partial charge on any atom is -0.389 e. The van der Waals surface area contributed by atoms with Gasteiger partial charge in [0, 0.05) is 18.9 Å². The molecule has 0 spiro atoms. The molecule has 1 aliphatic rings. The molecular weight excluding hydrogens is 406 g/mol. The van der Waals surface area contributed by atoms with Crippen LogP contribution < -0.4 is 5.32 Å². The van der Waals surface area contributed by atoms with Crippen LogP contribution in [-0.2, 0) is 4.74 Å². The van der Waals surface area contributed by atoms with Crippen molar-refractivity contribution in [3.8, 4) is 11.4 Å². The predicted molar refractivity (Wildman–Crippen MR) is 99.5 cm³/mol. The molecule has 0 radical (unpaired) electrons. The Bertz CT molecular complexity index is 1040. The second-order valence-corrected chi connectivity index (χ2v) is 7.18. The molecular formula is C19H19F4N5O2. The summed E-state index contributed by atoms with van der Waals surface area (Å²) in [6, 6.07) is 3.60. The maximum atomic E-state index is 14.4. The molecule has 1 saturated heterocycles. The van der Waals surface area contributed by atoms with Gasteiger partial charge in [-0.3, -0.25) is 4.98 Å². The number of hydrogen-bond acceptors (Lipinski definition) is 6. The number of alkyl halides is 3. The molecule has 7 nitrogen and oxygen atoms in total. The van der Waals surface area contributed by atoms with Crippen molar-refractivity contribution < 1.29 is 27.4 Å². The monoisotopic (exact) mass is 425 g/mol. The first-order chi connectivity index (χ1) is 14.2. The molecule has 160 valence electrons. The van der Waals surface area contributed by atoms with E-state index in [0.29, 0.717) is 13.0 Å². The molecule has 0 saturated carbocycles. The Labute approximate surface area is 168 Å². The maximum absolute atomic E-state index is 14.4. The number of anilines is 1. The fourth-order valence-corrected chi connectivity index (χ4v) is 3.26. The Balaban J connectivity index is 1.65. The number of ether oxygens (including phenoxy) is 1. The summed E-state index contributed by atoms with van der Waals surface area (Å²) in [6.07, 6.45) is -2.14. The Kier molecular flexibility index (Phi) is 5.33. The average Bonchev–Trinajstić information content (AvgIpc) is 3.04. The van der Waals surface area contributed by atoms with Crippen LogP contribution in [0.1, 0.15) is 24.8 Å². The van der Waals surface area contributed by atoms with Crippen LogP contribution in [0.25, 0.3) is 16.9 Å². The highest BCUT2D eigenvalue weighted by atomic mass is 19.4. The zero-order valence-electron chi connectivity index (χ0n) is 15.9. The molecule has 1 fully saturated rings. The minimum atomic E-state index is -4.38. The molecule has 2 N–H and O–H groups in total. The molecule has 0 amide bonds. The first-order valence-electron chi connectivity index (χ1n) is 9.33. The van der Waals surface area contributed by atoms with Gasteiger partial charge in [0.15, 0.2) is 5.82 Å². The lowest BCUT2D eigenvalue weighted by molar-refractivity contribution is -0.146. The zero-order valence-corrected chi connectivity index (χ0v) is 15.9. The van der Waals surface area contributed by atoms with Gasteiger partial charge in [-0.05, 0) is 25.0 Å². The van der Waals surface area contributed by atoms with E-state index in [1.165, 1.54) is 28.9 Å². The van der Waals surface area contributed by atoms with Crippen LogP contribution in [0.15, 0.2) is 30.6 Å². The van der Waals surface area contributed by atoms with Gasteiger partial charge in [-0.25, -0.2) is 13.9 Å². The SMILES string of the molecule is CC(c1ccc(-c2cc(F)c3cnc(N[C@@H]4CCOC[C@H]4O)nn23)nc1)C(F)(F)F. The number of rotatable bonds is 4. The van der Waals surface area contributed by atoms with Gasteiger partial charge in [0.2, 0.25) is 5.95 Å². The molecule has 4 rings (SSSR count). The number of hydrogen-bond donors (Lipinski definition) is 2. The van der Waals surface area contributed by atoms with Gasteiger partial charge in [0.25, 0.3) is 0 Å². The van der Waals surface area contributed by atoms with Crippen molar-refractivity contribution >= 4 is 11.5 Å². The number of halogens is 4. The number of nitrogens with one attached hydrogen (secondary N) is 1.